The van der Waals surface area contributed by atoms with Gasteiger partial charge in [0.25, 0.3) is 0 Å². The third kappa shape index (κ3) is 5.06. The van der Waals surface area contributed by atoms with E-state index in [0.29, 0.717) is 0 Å². The van der Waals surface area contributed by atoms with Gasteiger partial charge in [-0.15, -0.1) is 0 Å². The molecule has 5 rings (SSSR count). The highest BCUT2D eigenvalue weighted by atomic mass is 79.9. The monoisotopic (exact) mass is 594 g/mol. The third-order valence-electron chi connectivity index (χ3n) is 7.65. The SMILES string of the molecule is CCCCCCCCCCCCn1c2ccc(Br)cc2c2cc3c(cc21)c1cc(Br)ccc1n3C. The maximum atomic E-state index is 3.72. The Morgan fingerprint density at radius 2 is 1.03 bits per heavy atom. The van der Waals surface area contributed by atoms with Gasteiger partial charge in [0.1, 0.15) is 0 Å². The van der Waals surface area contributed by atoms with Gasteiger partial charge in [0.15, 0.2) is 0 Å². The van der Waals surface area contributed by atoms with Gasteiger partial charge < -0.3 is 9.13 Å². The Labute approximate surface area is 225 Å². The normalized spacial score (nSPS) is 12.1. The number of hydrogen-bond donors (Lipinski definition) is 0. The highest BCUT2D eigenvalue weighted by Gasteiger charge is 2.16. The molecule has 0 fully saturated rings. The van der Waals surface area contributed by atoms with Crippen LogP contribution < -0.4 is 0 Å². The average molecular weight is 596 g/mol. The number of fused-ring (bicyclic) bond motifs is 6. The number of unbranched alkanes of at least 4 members (excludes halogenated alkanes) is 9. The van der Waals surface area contributed by atoms with E-state index >= 15 is 0 Å². The summed E-state index contributed by atoms with van der Waals surface area (Å²) in [6.07, 6.45) is 13.7. The Morgan fingerprint density at radius 3 is 1.69 bits per heavy atom. The van der Waals surface area contributed by atoms with E-state index in [1.807, 2.05) is 0 Å². The molecule has 4 heteroatoms. The molecule has 2 aromatic heterocycles. The van der Waals surface area contributed by atoms with Crippen LogP contribution in [-0.2, 0) is 13.6 Å². The van der Waals surface area contributed by atoms with Crippen LogP contribution in [0.1, 0.15) is 71.1 Å². The van der Waals surface area contributed by atoms with Crippen LogP contribution in [0.15, 0.2) is 57.5 Å². The molecule has 0 N–H and O–H groups in total. The summed E-state index contributed by atoms with van der Waals surface area (Å²) in [5.41, 5.74) is 5.28. The van der Waals surface area contributed by atoms with E-state index < -0.39 is 0 Å². The summed E-state index contributed by atoms with van der Waals surface area (Å²) in [6.45, 7) is 3.37. The van der Waals surface area contributed by atoms with Crippen molar-refractivity contribution in [1.82, 2.24) is 9.13 Å². The summed E-state index contributed by atoms with van der Waals surface area (Å²) in [4.78, 5) is 0. The van der Waals surface area contributed by atoms with E-state index in [-0.39, 0.29) is 0 Å². The lowest BCUT2D eigenvalue weighted by Crippen LogP contribution is -1.98. The van der Waals surface area contributed by atoms with Crippen molar-refractivity contribution in [1.29, 1.82) is 0 Å². The molecule has 0 spiro atoms. The first-order valence-corrected chi connectivity index (χ1v) is 15.0. The highest BCUT2D eigenvalue weighted by Crippen LogP contribution is 2.38. The summed E-state index contributed by atoms with van der Waals surface area (Å²) in [5, 5.41) is 5.35. The smallest absolute Gasteiger partial charge is 0.0499 e. The Balaban J connectivity index is 1.41. The molecule has 35 heavy (non-hydrogen) atoms. The van der Waals surface area contributed by atoms with Gasteiger partial charge in [0.05, 0.1) is 0 Å². The molecule has 0 saturated heterocycles. The van der Waals surface area contributed by atoms with Crippen molar-refractivity contribution in [3.63, 3.8) is 0 Å². The number of halogens is 2. The number of aromatic nitrogens is 2. The molecule has 3 aromatic carbocycles. The maximum absolute atomic E-state index is 3.72. The van der Waals surface area contributed by atoms with Crippen molar-refractivity contribution in [2.45, 2.75) is 77.7 Å². The van der Waals surface area contributed by atoms with Crippen LogP contribution in [0.3, 0.4) is 0 Å². The predicted octanol–water partition coefficient (Wildman–Crippen LogP) is 10.9. The van der Waals surface area contributed by atoms with Gasteiger partial charge in [0, 0.05) is 66.1 Å². The zero-order chi connectivity index (χ0) is 24.4. The number of benzene rings is 3. The van der Waals surface area contributed by atoms with Crippen LogP contribution in [0.2, 0.25) is 0 Å². The zero-order valence-electron chi connectivity index (χ0n) is 21.0. The number of hydrogen-bond acceptors (Lipinski definition) is 0. The number of nitrogens with zero attached hydrogens (tertiary/aromatic N) is 2. The molecule has 2 heterocycles. The van der Waals surface area contributed by atoms with Gasteiger partial charge in [-0.25, -0.2) is 0 Å². The molecule has 0 saturated carbocycles. The lowest BCUT2D eigenvalue weighted by molar-refractivity contribution is 0.541. The van der Waals surface area contributed by atoms with Crippen molar-refractivity contribution < 1.29 is 0 Å². The molecule has 184 valence electrons. The zero-order valence-corrected chi connectivity index (χ0v) is 24.2. The topological polar surface area (TPSA) is 9.86 Å². The van der Waals surface area contributed by atoms with E-state index in [1.54, 1.807) is 0 Å². The summed E-state index contributed by atoms with van der Waals surface area (Å²) >= 11 is 7.40. The molecule has 0 bridgehead atoms. The minimum atomic E-state index is 1.08. The van der Waals surface area contributed by atoms with Gasteiger partial charge in [-0.2, -0.15) is 0 Å². The summed E-state index contributed by atoms with van der Waals surface area (Å²) in [6, 6.07) is 18.2. The second-order valence-electron chi connectivity index (χ2n) is 10.1. The van der Waals surface area contributed by atoms with Crippen LogP contribution >= 0.6 is 31.9 Å². The summed E-state index contributed by atoms with van der Waals surface area (Å²) < 4.78 is 7.18. The van der Waals surface area contributed by atoms with E-state index in [1.165, 1.54) is 108 Å². The molecule has 0 amide bonds. The number of aryl methyl sites for hydroxylation is 2. The van der Waals surface area contributed by atoms with Crippen LogP contribution in [0.4, 0.5) is 0 Å². The van der Waals surface area contributed by atoms with E-state index in [2.05, 4.69) is 103 Å². The van der Waals surface area contributed by atoms with Gasteiger partial charge in [0.2, 0.25) is 0 Å². The minimum Gasteiger partial charge on any atom is -0.344 e. The molecular weight excluding hydrogens is 560 g/mol. The van der Waals surface area contributed by atoms with Crippen LogP contribution in [0.5, 0.6) is 0 Å². The largest absolute Gasteiger partial charge is 0.344 e. The van der Waals surface area contributed by atoms with Gasteiger partial charge in [-0.1, -0.05) is 96.6 Å². The average Bonchev–Trinajstić information content (AvgIpc) is 3.30. The molecule has 0 aliphatic carbocycles. The molecular formula is C31H36Br2N2. The Kier molecular flexibility index (Phi) is 7.89. The first-order chi connectivity index (χ1) is 17.1. The third-order valence-corrected chi connectivity index (χ3v) is 8.64. The van der Waals surface area contributed by atoms with Crippen molar-refractivity contribution in [3.8, 4) is 0 Å². The molecule has 0 aliphatic heterocycles. The van der Waals surface area contributed by atoms with Crippen LogP contribution in [0, 0.1) is 0 Å². The molecule has 0 unspecified atom stereocenters. The fourth-order valence-electron chi connectivity index (χ4n) is 5.74. The molecule has 5 aromatic rings. The molecule has 0 aliphatic rings. The highest BCUT2D eigenvalue weighted by molar-refractivity contribution is 9.10. The lowest BCUT2D eigenvalue weighted by atomic mass is 10.1. The quantitative estimate of drug-likeness (QED) is 0.134. The Morgan fingerprint density at radius 1 is 0.543 bits per heavy atom. The van der Waals surface area contributed by atoms with Gasteiger partial charge in [-0.05, 0) is 55.0 Å². The first kappa shape index (κ1) is 24.9. The van der Waals surface area contributed by atoms with Gasteiger partial charge >= 0.3 is 0 Å². The number of rotatable bonds is 11. The lowest BCUT2D eigenvalue weighted by Gasteiger charge is -2.08. The summed E-state index contributed by atoms with van der Waals surface area (Å²) in [5.74, 6) is 0. The van der Waals surface area contributed by atoms with Crippen LogP contribution in [-0.4, -0.2) is 9.13 Å². The Hall–Kier alpha value is -1.78. The summed E-state index contributed by atoms with van der Waals surface area (Å²) in [7, 11) is 2.18. The fraction of sp³-hybridized carbons (Fsp3) is 0.419. The fourth-order valence-corrected chi connectivity index (χ4v) is 6.46. The predicted molar refractivity (Wildman–Crippen MR) is 161 cm³/mol. The van der Waals surface area contributed by atoms with E-state index in [9.17, 15) is 0 Å². The second kappa shape index (κ2) is 11.1. The van der Waals surface area contributed by atoms with Crippen molar-refractivity contribution in [2.75, 3.05) is 0 Å². The molecule has 0 radical (unpaired) electrons. The maximum Gasteiger partial charge on any atom is 0.0499 e. The van der Waals surface area contributed by atoms with E-state index in [0.717, 1.165) is 15.5 Å². The molecule has 2 nitrogen and oxygen atoms in total. The van der Waals surface area contributed by atoms with Crippen molar-refractivity contribution in [2.24, 2.45) is 7.05 Å². The Bertz CT molecular complexity index is 1470. The van der Waals surface area contributed by atoms with E-state index in [4.69, 9.17) is 0 Å². The first-order valence-electron chi connectivity index (χ1n) is 13.4. The minimum absolute atomic E-state index is 1.08. The molecule has 0 atom stereocenters. The second-order valence-corrected chi connectivity index (χ2v) is 11.9. The van der Waals surface area contributed by atoms with Gasteiger partial charge in [-0.3, -0.25) is 0 Å². The van der Waals surface area contributed by atoms with Crippen molar-refractivity contribution in [3.05, 3.63) is 57.5 Å². The standard InChI is InChI=1S/C31H36Br2N2/c1-3-4-5-6-7-8-9-10-11-12-17-35-29-16-14-23(33)19-25(29)27-20-30-26(21-31(27)35)24-18-22(32)13-15-28(24)34(30)2/h13-16,18-21H,3-12,17H2,1-2H3. The van der Waals surface area contributed by atoms with Crippen molar-refractivity contribution >= 4 is 75.5 Å². The van der Waals surface area contributed by atoms with Crippen LogP contribution in [0.25, 0.3) is 43.6 Å².